The molecule has 0 spiro atoms. The van der Waals surface area contributed by atoms with E-state index in [2.05, 4.69) is 5.32 Å². The van der Waals surface area contributed by atoms with Gasteiger partial charge in [-0.3, -0.25) is 4.57 Å². The van der Waals surface area contributed by atoms with Gasteiger partial charge in [-0.25, -0.2) is 0 Å². The highest BCUT2D eigenvalue weighted by Gasteiger charge is 2.36. The highest BCUT2D eigenvalue weighted by Crippen LogP contribution is 2.55. The molecule has 4 nitrogen and oxygen atoms in total. The van der Waals surface area contributed by atoms with E-state index in [0.717, 1.165) is 15.5 Å². The summed E-state index contributed by atoms with van der Waals surface area (Å²) in [5, 5.41) is 8.04. The third kappa shape index (κ3) is 3.85. The molecule has 3 aromatic carbocycles. The Hall–Kier alpha value is -1.79. The fourth-order valence-electron chi connectivity index (χ4n) is 3.19. The molecule has 0 saturated heterocycles. The number of hydrogen-bond acceptors (Lipinski definition) is 3. The number of thiophene rings is 1. The molecule has 142 valence electrons. The second-order valence-electron chi connectivity index (χ2n) is 6.37. The molecular weight excluding hydrogens is 433 g/mol. The molecule has 0 saturated carbocycles. The summed E-state index contributed by atoms with van der Waals surface area (Å²) in [5.74, 6) is 0. The van der Waals surface area contributed by atoms with Gasteiger partial charge in [-0.1, -0.05) is 54.2 Å². The number of benzene rings is 3. The van der Waals surface area contributed by atoms with E-state index in [-0.39, 0.29) is 4.99 Å². The maximum atomic E-state index is 12.3. The van der Waals surface area contributed by atoms with E-state index in [4.69, 9.17) is 23.8 Å². The highest BCUT2D eigenvalue weighted by molar-refractivity contribution is 7.81. The van der Waals surface area contributed by atoms with Crippen LogP contribution < -0.4 is 5.32 Å². The lowest BCUT2D eigenvalue weighted by Gasteiger charge is -2.21. The molecule has 0 aliphatic rings. The molecule has 0 radical (unpaired) electrons. The summed E-state index contributed by atoms with van der Waals surface area (Å²) in [4.78, 5) is 20.2. The van der Waals surface area contributed by atoms with Gasteiger partial charge in [0.15, 0.2) is 0 Å². The molecule has 0 amide bonds. The Morgan fingerprint density at radius 1 is 1.07 bits per heavy atom. The molecular formula is C20H15ClNO3PS2. The summed E-state index contributed by atoms with van der Waals surface area (Å²) in [6, 6.07) is 18.8. The number of rotatable bonds is 4. The Labute approximate surface area is 175 Å². The van der Waals surface area contributed by atoms with Crippen LogP contribution in [0.1, 0.15) is 11.2 Å². The van der Waals surface area contributed by atoms with Crippen LogP contribution in [0.15, 0.2) is 66.0 Å². The van der Waals surface area contributed by atoms with E-state index in [1.54, 1.807) is 17.5 Å². The largest absolute Gasteiger partial charge is 0.349 e. The number of halogens is 1. The second kappa shape index (κ2) is 7.56. The molecule has 0 aliphatic carbocycles. The summed E-state index contributed by atoms with van der Waals surface area (Å²) >= 11 is 12.9. The first kappa shape index (κ1) is 19.5. The van der Waals surface area contributed by atoms with Gasteiger partial charge in [-0.15, -0.1) is 11.3 Å². The number of anilines is 1. The Morgan fingerprint density at radius 3 is 2.57 bits per heavy atom. The zero-order valence-electron chi connectivity index (χ0n) is 14.4. The number of thiocarbonyl (C=S) groups is 1. The summed E-state index contributed by atoms with van der Waals surface area (Å²) in [6.07, 6.45) is 0. The third-order valence-electron chi connectivity index (χ3n) is 4.46. The van der Waals surface area contributed by atoms with Crippen LogP contribution in [0.4, 0.5) is 5.69 Å². The van der Waals surface area contributed by atoms with E-state index < -0.39 is 13.3 Å². The monoisotopic (exact) mass is 447 g/mol. The molecule has 1 heterocycles. The van der Waals surface area contributed by atoms with E-state index in [0.29, 0.717) is 21.7 Å². The molecule has 1 unspecified atom stereocenters. The zero-order valence-corrected chi connectivity index (χ0v) is 17.7. The van der Waals surface area contributed by atoms with E-state index in [1.165, 1.54) is 11.3 Å². The molecule has 0 fully saturated rings. The Bertz CT molecular complexity index is 1250. The van der Waals surface area contributed by atoms with Crippen molar-refractivity contribution < 1.29 is 14.4 Å². The maximum Gasteiger partial charge on any atom is 0.339 e. The minimum Gasteiger partial charge on any atom is -0.349 e. The fourth-order valence-corrected chi connectivity index (χ4v) is 6.03. The summed E-state index contributed by atoms with van der Waals surface area (Å²) in [6.45, 7) is 0. The maximum absolute atomic E-state index is 12.3. The van der Waals surface area contributed by atoms with Gasteiger partial charge in [0, 0.05) is 15.4 Å². The lowest BCUT2D eigenvalue weighted by Crippen LogP contribution is -2.19. The van der Waals surface area contributed by atoms with Crippen molar-refractivity contribution in [1.82, 2.24) is 0 Å². The molecule has 4 rings (SSSR count). The average Bonchev–Trinajstić information content (AvgIpc) is 3.03. The van der Waals surface area contributed by atoms with Gasteiger partial charge in [0.05, 0.1) is 4.99 Å². The second-order valence-corrected chi connectivity index (χ2v) is 9.86. The van der Waals surface area contributed by atoms with Crippen LogP contribution in [0.2, 0.25) is 5.02 Å². The van der Waals surface area contributed by atoms with Crippen LogP contribution in [0, 0.1) is 0 Å². The summed E-state index contributed by atoms with van der Waals surface area (Å²) in [7, 11) is -4.57. The number of nitrogens with one attached hydrogen (secondary N) is 1. The normalized spacial score (nSPS) is 13.0. The molecule has 4 aromatic rings. The van der Waals surface area contributed by atoms with Crippen molar-refractivity contribution in [2.75, 3.05) is 5.32 Å². The topological polar surface area (TPSA) is 69.6 Å². The fraction of sp³-hybridized carbons (Fsp3) is 0.0500. The molecule has 1 atom stereocenters. The van der Waals surface area contributed by atoms with Crippen LogP contribution >= 0.6 is 42.8 Å². The quantitative estimate of drug-likeness (QED) is 0.250. The van der Waals surface area contributed by atoms with Gasteiger partial charge in [-0.2, -0.15) is 0 Å². The van der Waals surface area contributed by atoms with Crippen LogP contribution in [-0.4, -0.2) is 14.8 Å². The van der Waals surface area contributed by atoms with E-state index >= 15 is 0 Å². The van der Waals surface area contributed by atoms with Gasteiger partial charge >= 0.3 is 7.60 Å². The van der Waals surface area contributed by atoms with Gasteiger partial charge < -0.3 is 15.1 Å². The molecule has 1 aromatic heterocycles. The first-order valence-electron chi connectivity index (χ1n) is 8.34. The van der Waals surface area contributed by atoms with Crippen molar-refractivity contribution >= 4 is 74.3 Å². The first-order valence-corrected chi connectivity index (χ1v) is 11.7. The van der Waals surface area contributed by atoms with Crippen molar-refractivity contribution in [1.29, 1.82) is 0 Å². The van der Waals surface area contributed by atoms with E-state index in [9.17, 15) is 14.4 Å². The standard InChI is InChI=1S/C20H15ClNO3PS2/c21-14-6-8-18-16(10-14)17(11-28-18)19(26(23,24)25)20(27)22-15-7-5-12-3-1-2-4-13(12)9-15/h1-11,19H,(H,22,27)(H2,23,24,25). The van der Waals surface area contributed by atoms with Gasteiger partial charge in [0.2, 0.25) is 0 Å². The summed E-state index contributed by atoms with van der Waals surface area (Å²) in [5.41, 5.74) is -0.0879. The van der Waals surface area contributed by atoms with Gasteiger partial charge in [-0.05, 0) is 57.4 Å². The lowest BCUT2D eigenvalue weighted by atomic mass is 10.1. The van der Waals surface area contributed by atoms with Crippen molar-refractivity contribution in [2.24, 2.45) is 0 Å². The highest BCUT2D eigenvalue weighted by atomic mass is 35.5. The Balaban J connectivity index is 1.73. The third-order valence-corrected chi connectivity index (χ3v) is 7.40. The zero-order chi connectivity index (χ0) is 19.9. The van der Waals surface area contributed by atoms with Crippen LogP contribution in [0.5, 0.6) is 0 Å². The Kier molecular flexibility index (Phi) is 5.27. The Morgan fingerprint density at radius 2 is 1.82 bits per heavy atom. The number of fused-ring (bicyclic) bond motifs is 2. The first-order chi connectivity index (χ1) is 13.3. The molecule has 3 N–H and O–H groups in total. The van der Waals surface area contributed by atoms with Crippen molar-refractivity contribution in [2.45, 2.75) is 5.66 Å². The predicted octanol–water partition coefficient (Wildman–Crippen LogP) is 6.37. The van der Waals surface area contributed by atoms with Gasteiger partial charge in [0.1, 0.15) is 5.66 Å². The summed E-state index contributed by atoms with van der Waals surface area (Å²) < 4.78 is 13.2. The smallest absolute Gasteiger partial charge is 0.339 e. The van der Waals surface area contributed by atoms with Crippen LogP contribution in [0.3, 0.4) is 0 Å². The number of hydrogen-bond donors (Lipinski definition) is 3. The minimum atomic E-state index is -4.57. The molecule has 28 heavy (non-hydrogen) atoms. The SMILES string of the molecule is O=P(O)(O)C(C(=S)Nc1ccc2ccccc2c1)c1csc2ccc(Cl)cc12. The molecule has 8 heteroatoms. The van der Waals surface area contributed by atoms with Crippen molar-refractivity contribution in [3.8, 4) is 0 Å². The minimum absolute atomic E-state index is 0.0725. The molecule has 0 aliphatic heterocycles. The van der Waals surface area contributed by atoms with Crippen molar-refractivity contribution in [3.63, 3.8) is 0 Å². The van der Waals surface area contributed by atoms with Crippen LogP contribution in [0.25, 0.3) is 20.9 Å². The van der Waals surface area contributed by atoms with Crippen LogP contribution in [-0.2, 0) is 4.57 Å². The van der Waals surface area contributed by atoms with E-state index in [1.807, 2.05) is 48.5 Å². The average molecular weight is 448 g/mol. The lowest BCUT2D eigenvalue weighted by molar-refractivity contribution is 0.368. The molecule has 0 bridgehead atoms. The predicted molar refractivity (Wildman–Crippen MR) is 122 cm³/mol. The van der Waals surface area contributed by atoms with Gasteiger partial charge in [0.25, 0.3) is 0 Å². The van der Waals surface area contributed by atoms with Crippen molar-refractivity contribution in [3.05, 3.63) is 76.6 Å².